The minimum Gasteiger partial charge on any atom is -0.345 e. The first kappa shape index (κ1) is 10.1. The van der Waals surface area contributed by atoms with Crippen LogP contribution in [0.1, 0.15) is 20.3 Å². The van der Waals surface area contributed by atoms with E-state index in [2.05, 4.69) is 22.5 Å². The van der Waals surface area contributed by atoms with Crippen molar-refractivity contribution in [3.05, 3.63) is 0 Å². The first-order chi connectivity index (χ1) is 6.25. The first-order valence-electron chi connectivity index (χ1n) is 4.66. The van der Waals surface area contributed by atoms with E-state index in [0.717, 1.165) is 13.0 Å². The molecule has 13 heavy (non-hydrogen) atoms. The van der Waals surface area contributed by atoms with Crippen LogP contribution in [0, 0.1) is 17.8 Å². The van der Waals surface area contributed by atoms with Gasteiger partial charge in [-0.3, -0.25) is 4.79 Å². The molecule has 1 rings (SSSR count). The fourth-order valence-corrected chi connectivity index (χ4v) is 1.57. The Kier molecular flexibility index (Phi) is 3.78. The molecule has 0 spiro atoms. The molecule has 2 N–H and O–H groups in total. The van der Waals surface area contributed by atoms with Crippen LogP contribution in [0.15, 0.2) is 0 Å². The molecule has 0 aromatic heterocycles. The van der Waals surface area contributed by atoms with Gasteiger partial charge in [-0.15, -0.1) is 5.92 Å². The maximum atomic E-state index is 11.5. The summed E-state index contributed by atoms with van der Waals surface area (Å²) >= 11 is 0. The van der Waals surface area contributed by atoms with Gasteiger partial charge in [0.25, 0.3) is 0 Å². The smallest absolute Gasteiger partial charge is 0.225 e. The molecule has 1 aliphatic heterocycles. The quantitative estimate of drug-likeness (QED) is 0.593. The number of amides is 1. The second kappa shape index (κ2) is 4.88. The summed E-state index contributed by atoms with van der Waals surface area (Å²) in [4.78, 5) is 11.5. The highest BCUT2D eigenvalue weighted by Gasteiger charge is 2.28. The van der Waals surface area contributed by atoms with Crippen molar-refractivity contribution >= 4 is 5.91 Å². The highest BCUT2D eigenvalue weighted by molar-refractivity contribution is 5.79. The maximum Gasteiger partial charge on any atom is 0.225 e. The van der Waals surface area contributed by atoms with Crippen LogP contribution in [0.25, 0.3) is 0 Å². The minimum absolute atomic E-state index is 0.124. The van der Waals surface area contributed by atoms with Crippen LogP contribution in [0.4, 0.5) is 0 Å². The van der Waals surface area contributed by atoms with Crippen molar-refractivity contribution in [2.75, 3.05) is 13.1 Å². The van der Waals surface area contributed by atoms with E-state index < -0.39 is 0 Å². The molecule has 3 nitrogen and oxygen atoms in total. The van der Waals surface area contributed by atoms with Crippen molar-refractivity contribution in [2.24, 2.45) is 5.92 Å². The summed E-state index contributed by atoms with van der Waals surface area (Å²) in [6.07, 6.45) is 0.937. The molecule has 1 amide bonds. The molecule has 0 aromatic rings. The van der Waals surface area contributed by atoms with Crippen molar-refractivity contribution in [1.82, 2.24) is 10.6 Å². The van der Waals surface area contributed by atoms with Gasteiger partial charge in [0.1, 0.15) is 0 Å². The van der Waals surface area contributed by atoms with Gasteiger partial charge in [-0.05, 0) is 26.8 Å². The summed E-state index contributed by atoms with van der Waals surface area (Å²) in [7, 11) is 0. The van der Waals surface area contributed by atoms with Gasteiger partial charge in [0.15, 0.2) is 0 Å². The SMILES string of the molecule is CC#CCNC(=O)C1CCNC1C. The van der Waals surface area contributed by atoms with Gasteiger partial charge in [0, 0.05) is 6.04 Å². The topological polar surface area (TPSA) is 41.1 Å². The lowest BCUT2D eigenvalue weighted by atomic mass is 10.0. The molecule has 0 saturated carbocycles. The Hall–Kier alpha value is -1.01. The number of nitrogens with one attached hydrogen (secondary N) is 2. The predicted octanol–water partition coefficient (Wildman–Crippen LogP) is 0.124. The Balaban J connectivity index is 2.33. The number of carbonyl (C=O) groups is 1. The zero-order valence-electron chi connectivity index (χ0n) is 8.18. The Bertz CT molecular complexity index is 239. The van der Waals surface area contributed by atoms with Gasteiger partial charge >= 0.3 is 0 Å². The average molecular weight is 180 g/mol. The molecule has 2 atom stereocenters. The molecule has 1 saturated heterocycles. The molecule has 0 aliphatic carbocycles. The highest BCUT2D eigenvalue weighted by atomic mass is 16.1. The molecular formula is C10H16N2O. The van der Waals surface area contributed by atoms with Gasteiger partial charge in [0.05, 0.1) is 12.5 Å². The predicted molar refractivity (Wildman–Crippen MR) is 52.0 cm³/mol. The van der Waals surface area contributed by atoms with Crippen LogP contribution in [-0.2, 0) is 4.79 Å². The number of hydrogen-bond donors (Lipinski definition) is 2. The molecule has 1 heterocycles. The Morgan fingerprint density at radius 3 is 3.00 bits per heavy atom. The Morgan fingerprint density at radius 1 is 1.69 bits per heavy atom. The van der Waals surface area contributed by atoms with Crippen LogP contribution >= 0.6 is 0 Å². The van der Waals surface area contributed by atoms with Crippen molar-refractivity contribution in [3.63, 3.8) is 0 Å². The molecule has 0 aromatic carbocycles. The highest BCUT2D eigenvalue weighted by Crippen LogP contribution is 2.14. The van der Waals surface area contributed by atoms with Gasteiger partial charge in [-0.2, -0.15) is 0 Å². The van der Waals surface area contributed by atoms with E-state index in [1.54, 1.807) is 6.92 Å². The largest absolute Gasteiger partial charge is 0.345 e. The van der Waals surface area contributed by atoms with Gasteiger partial charge in [-0.1, -0.05) is 5.92 Å². The van der Waals surface area contributed by atoms with E-state index in [1.165, 1.54) is 0 Å². The van der Waals surface area contributed by atoms with Crippen molar-refractivity contribution in [2.45, 2.75) is 26.3 Å². The number of carbonyl (C=O) groups excluding carboxylic acids is 1. The molecule has 2 unspecified atom stereocenters. The summed E-state index contributed by atoms with van der Waals surface area (Å²) in [5.74, 6) is 5.81. The molecule has 0 bridgehead atoms. The average Bonchev–Trinajstić information content (AvgIpc) is 2.52. The van der Waals surface area contributed by atoms with E-state index in [9.17, 15) is 4.79 Å². The van der Waals surface area contributed by atoms with E-state index >= 15 is 0 Å². The molecule has 3 heteroatoms. The van der Waals surface area contributed by atoms with Gasteiger partial charge in [0.2, 0.25) is 5.91 Å². The van der Waals surface area contributed by atoms with Crippen molar-refractivity contribution < 1.29 is 4.79 Å². The third-order valence-corrected chi connectivity index (χ3v) is 2.39. The maximum absolute atomic E-state index is 11.5. The van der Waals surface area contributed by atoms with E-state index in [1.807, 2.05) is 6.92 Å². The monoisotopic (exact) mass is 180 g/mol. The lowest BCUT2D eigenvalue weighted by Crippen LogP contribution is -2.36. The van der Waals surface area contributed by atoms with Gasteiger partial charge < -0.3 is 10.6 Å². The lowest BCUT2D eigenvalue weighted by molar-refractivity contribution is -0.124. The molecule has 72 valence electrons. The van der Waals surface area contributed by atoms with Crippen molar-refractivity contribution in [1.29, 1.82) is 0 Å². The minimum atomic E-state index is 0.124. The summed E-state index contributed by atoms with van der Waals surface area (Å²) in [6.45, 7) is 5.23. The summed E-state index contributed by atoms with van der Waals surface area (Å²) in [6, 6.07) is 0.301. The first-order valence-corrected chi connectivity index (χ1v) is 4.66. The fourth-order valence-electron chi connectivity index (χ4n) is 1.57. The van der Waals surface area contributed by atoms with Crippen LogP contribution in [0.3, 0.4) is 0 Å². The second-order valence-electron chi connectivity index (χ2n) is 3.28. The number of hydrogen-bond acceptors (Lipinski definition) is 2. The Labute approximate surface area is 79.3 Å². The molecule has 0 radical (unpaired) electrons. The standard InChI is InChI=1S/C10H16N2O/c1-3-4-6-12-10(13)9-5-7-11-8(9)2/h8-9,11H,5-7H2,1-2H3,(H,12,13). The Morgan fingerprint density at radius 2 is 2.46 bits per heavy atom. The molecule has 1 aliphatic rings. The van der Waals surface area contributed by atoms with E-state index in [4.69, 9.17) is 0 Å². The molecular weight excluding hydrogens is 164 g/mol. The fraction of sp³-hybridized carbons (Fsp3) is 0.700. The lowest BCUT2D eigenvalue weighted by Gasteiger charge is -2.13. The van der Waals surface area contributed by atoms with Crippen LogP contribution in [0.5, 0.6) is 0 Å². The van der Waals surface area contributed by atoms with Crippen LogP contribution in [0.2, 0.25) is 0 Å². The van der Waals surface area contributed by atoms with Crippen LogP contribution in [-0.4, -0.2) is 25.0 Å². The molecule has 1 fully saturated rings. The zero-order chi connectivity index (χ0) is 9.68. The van der Waals surface area contributed by atoms with E-state index in [0.29, 0.717) is 12.6 Å². The number of rotatable bonds is 2. The summed E-state index contributed by atoms with van der Waals surface area (Å²) < 4.78 is 0. The summed E-state index contributed by atoms with van der Waals surface area (Å²) in [5, 5.41) is 6.05. The second-order valence-corrected chi connectivity index (χ2v) is 3.28. The normalized spacial score (nSPS) is 26.3. The van der Waals surface area contributed by atoms with Crippen LogP contribution < -0.4 is 10.6 Å². The zero-order valence-corrected chi connectivity index (χ0v) is 8.18. The van der Waals surface area contributed by atoms with Crippen molar-refractivity contribution in [3.8, 4) is 11.8 Å². The third-order valence-electron chi connectivity index (χ3n) is 2.39. The van der Waals surface area contributed by atoms with E-state index in [-0.39, 0.29) is 11.8 Å². The van der Waals surface area contributed by atoms with Gasteiger partial charge in [-0.25, -0.2) is 0 Å². The summed E-state index contributed by atoms with van der Waals surface area (Å²) in [5.41, 5.74) is 0. The third kappa shape index (κ3) is 2.74.